The van der Waals surface area contributed by atoms with Gasteiger partial charge in [-0.2, -0.15) is 5.10 Å². The van der Waals surface area contributed by atoms with Crippen molar-refractivity contribution in [3.05, 3.63) is 48.3 Å². The Kier molecular flexibility index (Phi) is 4.99. The van der Waals surface area contributed by atoms with Gasteiger partial charge in [0.2, 0.25) is 6.41 Å². The van der Waals surface area contributed by atoms with Crippen LogP contribution in [0.2, 0.25) is 0 Å². The van der Waals surface area contributed by atoms with Gasteiger partial charge in [0.05, 0.1) is 6.20 Å². The Morgan fingerprint density at radius 1 is 1.56 bits per heavy atom. The maximum atomic E-state index is 10.5. The monoisotopic (exact) mass is 216 g/mol. The van der Waals surface area contributed by atoms with Gasteiger partial charge in [0.15, 0.2) is 0 Å². The second-order valence-electron chi connectivity index (χ2n) is 3.27. The SMILES string of the molecule is C\C=C/C(=C\C=C\CC)c1cnn(C=O)c1. The molecule has 3 heteroatoms. The van der Waals surface area contributed by atoms with Crippen LogP contribution in [0.15, 0.2) is 42.8 Å². The largest absolute Gasteiger partial charge is 0.276 e. The standard InChI is InChI=1S/C13H16N2O/c1-3-5-6-8-12(7-4-2)13-9-14-15(10-13)11-16/h4-11H,3H2,1-2H3/b6-5+,7-4-,12-8+. The maximum Gasteiger partial charge on any atom is 0.234 e. The minimum atomic E-state index is 0.679. The Labute approximate surface area is 95.8 Å². The van der Waals surface area contributed by atoms with E-state index in [9.17, 15) is 4.79 Å². The fourth-order valence-electron chi connectivity index (χ4n) is 1.28. The fourth-order valence-corrected chi connectivity index (χ4v) is 1.28. The zero-order valence-electron chi connectivity index (χ0n) is 9.63. The van der Waals surface area contributed by atoms with Crippen molar-refractivity contribution in [3.63, 3.8) is 0 Å². The molecule has 0 amide bonds. The van der Waals surface area contributed by atoms with E-state index in [2.05, 4.69) is 18.1 Å². The number of carbonyl (C=O) groups is 1. The van der Waals surface area contributed by atoms with Crippen molar-refractivity contribution in [2.75, 3.05) is 0 Å². The van der Waals surface area contributed by atoms with Gasteiger partial charge in [-0.1, -0.05) is 37.3 Å². The molecule has 0 aliphatic carbocycles. The zero-order chi connectivity index (χ0) is 11.8. The van der Waals surface area contributed by atoms with Gasteiger partial charge in [0.1, 0.15) is 0 Å². The third-order valence-electron chi connectivity index (χ3n) is 2.04. The van der Waals surface area contributed by atoms with Crippen LogP contribution < -0.4 is 0 Å². The van der Waals surface area contributed by atoms with Gasteiger partial charge in [-0.05, 0) is 18.9 Å². The van der Waals surface area contributed by atoms with Crippen molar-refractivity contribution in [2.45, 2.75) is 20.3 Å². The van der Waals surface area contributed by atoms with Gasteiger partial charge in [-0.15, -0.1) is 0 Å². The molecule has 0 saturated heterocycles. The highest BCUT2D eigenvalue weighted by Crippen LogP contribution is 2.14. The molecular weight excluding hydrogens is 200 g/mol. The van der Waals surface area contributed by atoms with E-state index in [1.165, 1.54) is 4.68 Å². The van der Waals surface area contributed by atoms with Crippen LogP contribution in [0.25, 0.3) is 5.57 Å². The molecule has 0 saturated carbocycles. The molecule has 3 nitrogen and oxygen atoms in total. The molecule has 0 aliphatic rings. The molecule has 0 bridgehead atoms. The minimum Gasteiger partial charge on any atom is -0.276 e. The molecule has 1 aromatic rings. The molecular formula is C13H16N2O. The number of hydrogen-bond acceptors (Lipinski definition) is 2. The molecule has 16 heavy (non-hydrogen) atoms. The summed E-state index contributed by atoms with van der Waals surface area (Å²) in [5.41, 5.74) is 1.98. The van der Waals surface area contributed by atoms with Crippen molar-refractivity contribution < 1.29 is 4.79 Å². The van der Waals surface area contributed by atoms with E-state index in [-0.39, 0.29) is 0 Å². The van der Waals surface area contributed by atoms with Crippen molar-refractivity contribution in [2.24, 2.45) is 0 Å². The van der Waals surface area contributed by atoms with Gasteiger partial charge in [0.25, 0.3) is 0 Å². The van der Waals surface area contributed by atoms with Gasteiger partial charge in [-0.3, -0.25) is 4.79 Å². The molecule has 84 valence electrons. The first-order valence-corrected chi connectivity index (χ1v) is 5.31. The van der Waals surface area contributed by atoms with Crippen molar-refractivity contribution in [1.29, 1.82) is 0 Å². The Morgan fingerprint density at radius 3 is 2.94 bits per heavy atom. The summed E-state index contributed by atoms with van der Waals surface area (Å²) in [5, 5.41) is 3.92. The van der Waals surface area contributed by atoms with E-state index >= 15 is 0 Å². The van der Waals surface area contributed by atoms with E-state index in [4.69, 9.17) is 0 Å². The van der Waals surface area contributed by atoms with Crippen LogP contribution in [0.4, 0.5) is 0 Å². The third kappa shape index (κ3) is 3.35. The molecule has 1 heterocycles. The zero-order valence-corrected chi connectivity index (χ0v) is 9.63. The fraction of sp³-hybridized carbons (Fsp3) is 0.231. The average Bonchev–Trinajstić information content (AvgIpc) is 2.76. The molecule has 0 N–H and O–H groups in total. The third-order valence-corrected chi connectivity index (χ3v) is 2.04. The first kappa shape index (κ1) is 12.2. The molecule has 0 spiro atoms. The lowest BCUT2D eigenvalue weighted by Crippen LogP contribution is -1.92. The molecule has 1 aromatic heterocycles. The molecule has 0 aliphatic heterocycles. The summed E-state index contributed by atoms with van der Waals surface area (Å²) in [7, 11) is 0. The highest BCUT2D eigenvalue weighted by atomic mass is 16.1. The quantitative estimate of drug-likeness (QED) is 0.560. The van der Waals surface area contributed by atoms with E-state index in [1.54, 1.807) is 12.4 Å². The number of carbonyl (C=O) groups excluding carboxylic acids is 1. The highest BCUT2D eigenvalue weighted by Gasteiger charge is 2.00. The van der Waals surface area contributed by atoms with Gasteiger partial charge in [-0.25, -0.2) is 4.68 Å². The average molecular weight is 216 g/mol. The summed E-state index contributed by atoms with van der Waals surface area (Å²) >= 11 is 0. The van der Waals surface area contributed by atoms with Gasteiger partial charge in [0, 0.05) is 11.8 Å². The predicted molar refractivity (Wildman–Crippen MR) is 66.6 cm³/mol. The lowest BCUT2D eigenvalue weighted by atomic mass is 10.1. The van der Waals surface area contributed by atoms with E-state index in [1.807, 2.05) is 31.2 Å². The van der Waals surface area contributed by atoms with Crippen molar-refractivity contribution in [3.8, 4) is 0 Å². The lowest BCUT2D eigenvalue weighted by molar-refractivity contribution is 0.540. The smallest absolute Gasteiger partial charge is 0.234 e. The van der Waals surface area contributed by atoms with Crippen LogP contribution in [-0.4, -0.2) is 16.2 Å². The van der Waals surface area contributed by atoms with Gasteiger partial charge >= 0.3 is 0 Å². The van der Waals surface area contributed by atoms with Crippen LogP contribution in [-0.2, 0) is 4.79 Å². The first-order chi connectivity index (χ1) is 7.81. The van der Waals surface area contributed by atoms with E-state index in [0.29, 0.717) is 6.41 Å². The summed E-state index contributed by atoms with van der Waals surface area (Å²) in [5.74, 6) is 0. The van der Waals surface area contributed by atoms with Crippen LogP contribution >= 0.6 is 0 Å². The Morgan fingerprint density at radius 2 is 2.38 bits per heavy atom. The second-order valence-corrected chi connectivity index (χ2v) is 3.27. The topological polar surface area (TPSA) is 34.9 Å². The number of rotatable bonds is 5. The highest BCUT2D eigenvalue weighted by molar-refractivity contribution is 5.75. The first-order valence-electron chi connectivity index (χ1n) is 5.31. The molecule has 0 radical (unpaired) electrons. The summed E-state index contributed by atoms with van der Waals surface area (Å²) < 4.78 is 1.26. The minimum absolute atomic E-state index is 0.679. The van der Waals surface area contributed by atoms with Crippen molar-refractivity contribution in [1.82, 2.24) is 9.78 Å². The summed E-state index contributed by atoms with van der Waals surface area (Å²) in [6, 6.07) is 0. The number of allylic oxidation sites excluding steroid dienone is 6. The van der Waals surface area contributed by atoms with Crippen LogP contribution in [0, 0.1) is 0 Å². The predicted octanol–water partition coefficient (Wildman–Crippen LogP) is 2.85. The Hall–Kier alpha value is -1.90. The summed E-state index contributed by atoms with van der Waals surface area (Å²) in [6.45, 7) is 4.05. The summed E-state index contributed by atoms with van der Waals surface area (Å²) in [6.07, 6.45) is 15.1. The van der Waals surface area contributed by atoms with Crippen molar-refractivity contribution >= 4 is 12.0 Å². The van der Waals surface area contributed by atoms with Crippen LogP contribution in [0.5, 0.6) is 0 Å². The molecule has 0 atom stereocenters. The molecule has 1 rings (SSSR count). The second kappa shape index (κ2) is 6.56. The molecule has 0 unspecified atom stereocenters. The number of nitrogens with zero attached hydrogens (tertiary/aromatic N) is 2. The van der Waals surface area contributed by atoms with E-state index < -0.39 is 0 Å². The summed E-state index contributed by atoms with van der Waals surface area (Å²) in [4.78, 5) is 10.5. The van der Waals surface area contributed by atoms with Gasteiger partial charge < -0.3 is 0 Å². The van der Waals surface area contributed by atoms with E-state index in [0.717, 1.165) is 17.6 Å². The lowest BCUT2D eigenvalue weighted by Gasteiger charge is -1.95. The molecule has 0 fully saturated rings. The Bertz CT molecular complexity index is 425. The normalized spacial score (nSPS) is 12.8. The van der Waals surface area contributed by atoms with Crippen LogP contribution in [0.3, 0.4) is 0 Å². The number of hydrogen-bond donors (Lipinski definition) is 0. The van der Waals surface area contributed by atoms with Crippen LogP contribution in [0.1, 0.15) is 25.8 Å². The Balaban J connectivity index is 2.97. The maximum absolute atomic E-state index is 10.5. The molecule has 0 aromatic carbocycles. The number of aromatic nitrogens is 2.